The molecule has 1 N–H and O–H groups in total. The highest BCUT2D eigenvalue weighted by Gasteiger charge is 2.12. The van der Waals surface area contributed by atoms with Gasteiger partial charge in [-0.05, 0) is 43.0 Å². The van der Waals surface area contributed by atoms with E-state index >= 15 is 0 Å². The smallest absolute Gasteiger partial charge is 0.243 e. The number of hydrogen-bond donors (Lipinski definition) is 1. The van der Waals surface area contributed by atoms with E-state index in [1.165, 1.54) is 16.9 Å². The Morgan fingerprint density at radius 2 is 2.09 bits per heavy atom. The van der Waals surface area contributed by atoms with Crippen molar-refractivity contribution in [2.24, 2.45) is 5.92 Å². The first-order chi connectivity index (χ1) is 10.9. The van der Waals surface area contributed by atoms with Crippen LogP contribution in [0, 0.1) is 11.7 Å². The normalized spacial score (nSPS) is 12.4. The number of nitrogens with zero attached hydrogens (tertiary/aromatic N) is 4. The minimum atomic E-state index is -0.365. The molecular weight excluding hydrogens is 297 g/mol. The van der Waals surface area contributed by atoms with Gasteiger partial charge in [0.15, 0.2) is 0 Å². The fourth-order valence-electron chi connectivity index (χ4n) is 2.16. The molecule has 2 rings (SSSR count). The minimum Gasteiger partial charge on any atom is -0.352 e. The molecule has 0 aliphatic rings. The Balaban J connectivity index is 1.90. The highest BCUT2D eigenvalue weighted by Crippen LogP contribution is 2.14. The third-order valence-corrected chi connectivity index (χ3v) is 3.41. The van der Waals surface area contributed by atoms with Crippen molar-refractivity contribution in [3.05, 3.63) is 30.1 Å². The van der Waals surface area contributed by atoms with Crippen LogP contribution < -0.4 is 5.32 Å². The number of nitrogens with one attached hydrogen (secondary N) is 1. The van der Waals surface area contributed by atoms with Gasteiger partial charge in [0.25, 0.3) is 0 Å². The van der Waals surface area contributed by atoms with Crippen molar-refractivity contribution >= 4 is 5.91 Å². The summed E-state index contributed by atoms with van der Waals surface area (Å²) in [7, 11) is 0. The first kappa shape index (κ1) is 17.1. The van der Waals surface area contributed by atoms with E-state index in [9.17, 15) is 9.18 Å². The summed E-state index contributed by atoms with van der Waals surface area (Å²) in [5.41, 5.74) is 0.530. The molecule has 0 aliphatic carbocycles. The number of hydrogen-bond acceptors (Lipinski definition) is 4. The highest BCUT2D eigenvalue weighted by atomic mass is 19.1. The molecule has 0 saturated heterocycles. The topological polar surface area (TPSA) is 72.7 Å². The largest absolute Gasteiger partial charge is 0.352 e. The minimum absolute atomic E-state index is 0.00562. The van der Waals surface area contributed by atoms with Gasteiger partial charge in [0.1, 0.15) is 12.4 Å². The molecule has 1 atom stereocenters. The maximum absolute atomic E-state index is 13.2. The van der Waals surface area contributed by atoms with Gasteiger partial charge in [-0.1, -0.05) is 26.0 Å². The molecular formula is C16H22FN5O. The summed E-state index contributed by atoms with van der Waals surface area (Å²) >= 11 is 0. The Hall–Kier alpha value is -2.31. The van der Waals surface area contributed by atoms with E-state index in [-0.39, 0.29) is 24.3 Å². The maximum Gasteiger partial charge on any atom is 0.243 e. The molecule has 124 valence electrons. The van der Waals surface area contributed by atoms with Crippen LogP contribution in [-0.4, -0.2) is 32.2 Å². The molecule has 1 heterocycles. The van der Waals surface area contributed by atoms with Crippen molar-refractivity contribution in [2.75, 3.05) is 0 Å². The van der Waals surface area contributed by atoms with Crippen LogP contribution >= 0.6 is 0 Å². The second-order valence-electron chi connectivity index (χ2n) is 6.09. The predicted molar refractivity (Wildman–Crippen MR) is 84.9 cm³/mol. The first-order valence-electron chi connectivity index (χ1n) is 7.77. The zero-order chi connectivity index (χ0) is 16.8. The number of tetrazole rings is 1. The first-order valence-corrected chi connectivity index (χ1v) is 7.77. The molecule has 0 radical (unpaired) electrons. The van der Waals surface area contributed by atoms with E-state index in [1.54, 1.807) is 12.1 Å². The van der Waals surface area contributed by atoms with E-state index < -0.39 is 0 Å². The van der Waals surface area contributed by atoms with Gasteiger partial charge in [0.05, 0.1) is 0 Å². The third kappa shape index (κ3) is 5.43. The molecule has 0 bridgehead atoms. The van der Waals surface area contributed by atoms with Crippen LogP contribution in [0.3, 0.4) is 0 Å². The second kappa shape index (κ2) is 7.80. The van der Waals surface area contributed by atoms with Gasteiger partial charge in [0.2, 0.25) is 11.7 Å². The summed E-state index contributed by atoms with van der Waals surface area (Å²) in [6, 6.07) is 6.05. The van der Waals surface area contributed by atoms with Crippen LogP contribution in [-0.2, 0) is 11.3 Å². The van der Waals surface area contributed by atoms with Crippen LogP contribution in [0.2, 0.25) is 0 Å². The Labute approximate surface area is 135 Å². The van der Waals surface area contributed by atoms with Crippen LogP contribution in [0.25, 0.3) is 11.4 Å². The molecule has 6 nitrogen and oxygen atoms in total. The zero-order valence-electron chi connectivity index (χ0n) is 13.7. The van der Waals surface area contributed by atoms with E-state index in [0.29, 0.717) is 17.3 Å². The lowest BCUT2D eigenvalue weighted by Crippen LogP contribution is -2.35. The molecule has 1 aromatic heterocycles. The summed E-state index contributed by atoms with van der Waals surface area (Å²) in [6.45, 7) is 6.28. The summed E-state index contributed by atoms with van der Waals surface area (Å²) in [5, 5.41) is 14.7. The molecule has 0 spiro atoms. The van der Waals surface area contributed by atoms with E-state index in [0.717, 1.165) is 12.8 Å². The van der Waals surface area contributed by atoms with Crippen LogP contribution in [0.4, 0.5) is 4.39 Å². The number of aromatic nitrogens is 4. The van der Waals surface area contributed by atoms with Crippen LogP contribution in [0.5, 0.6) is 0 Å². The second-order valence-corrected chi connectivity index (χ2v) is 6.09. The predicted octanol–water partition coefficient (Wildman–Crippen LogP) is 2.42. The van der Waals surface area contributed by atoms with Gasteiger partial charge in [0, 0.05) is 11.6 Å². The van der Waals surface area contributed by atoms with E-state index in [4.69, 9.17) is 0 Å². The van der Waals surface area contributed by atoms with Crippen molar-refractivity contribution < 1.29 is 9.18 Å². The Morgan fingerprint density at radius 1 is 1.30 bits per heavy atom. The summed E-state index contributed by atoms with van der Waals surface area (Å²) < 4.78 is 13.2. The van der Waals surface area contributed by atoms with Crippen molar-refractivity contribution in [1.29, 1.82) is 0 Å². The summed E-state index contributed by atoms with van der Waals surface area (Å²) in [5.74, 6) is 0.380. The van der Waals surface area contributed by atoms with Gasteiger partial charge < -0.3 is 5.32 Å². The number of halogens is 1. The van der Waals surface area contributed by atoms with Gasteiger partial charge in [-0.2, -0.15) is 4.80 Å². The Bertz CT molecular complexity index is 655. The van der Waals surface area contributed by atoms with Gasteiger partial charge in [-0.25, -0.2) is 4.39 Å². The summed E-state index contributed by atoms with van der Waals surface area (Å²) in [6.07, 6.45) is 2.00. The van der Waals surface area contributed by atoms with Crippen molar-refractivity contribution in [1.82, 2.24) is 25.5 Å². The Morgan fingerprint density at radius 3 is 2.78 bits per heavy atom. The maximum atomic E-state index is 13.2. The molecule has 0 aliphatic heterocycles. The number of carbonyl (C=O) groups excluding carboxylic acids is 1. The number of amides is 1. The molecule has 1 amide bonds. The van der Waals surface area contributed by atoms with Gasteiger partial charge >= 0.3 is 0 Å². The lowest BCUT2D eigenvalue weighted by molar-refractivity contribution is -0.122. The van der Waals surface area contributed by atoms with Gasteiger partial charge in [-0.15, -0.1) is 10.2 Å². The van der Waals surface area contributed by atoms with Crippen molar-refractivity contribution in [2.45, 2.75) is 46.2 Å². The molecule has 7 heteroatoms. The molecule has 2 aromatic rings. The van der Waals surface area contributed by atoms with Crippen molar-refractivity contribution in [3.8, 4) is 11.4 Å². The summed E-state index contributed by atoms with van der Waals surface area (Å²) in [4.78, 5) is 13.2. The quantitative estimate of drug-likeness (QED) is 0.850. The highest BCUT2D eigenvalue weighted by molar-refractivity contribution is 5.75. The number of carbonyl (C=O) groups is 1. The van der Waals surface area contributed by atoms with Gasteiger partial charge in [-0.3, -0.25) is 4.79 Å². The van der Waals surface area contributed by atoms with E-state index in [1.807, 2.05) is 6.92 Å². The molecule has 0 saturated carbocycles. The van der Waals surface area contributed by atoms with Crippen LogP contribution in [0.1, 0.15) is 33.6 Å². The lowest BCUT2D eigenvalue weighted by Gasteiger charge is -2.14. The standard InChI is InChI=1S/C16H22FN5O/c1-11(2)7-8-12(3)18-15(23)10-22-20-16(19-21-22)13-5-4-6-14(17)9-13/h4-6,9,11-12H,7-8,10H2,1-3H3,(H,18,23)/t12-/m1/s1. The average molecular weight is 319 g/mol. The Kier molecular flexibility index (Phi) is 5.78. The molecule has 0 unspecified atom stereocenters. The molecule has 23 heavy (non-hydrogen) atoms. The monoisotopic (exact) mass is 319 g/mol. The van der Waals surface area contributed by atoms with Crippen LogP contribution in [0.15, 0.2) is 24.3 Å². The molecule has 1 aromatic carbocycles. The average Bonchev–Trinajstić information content (AvgIpc) is 2.93. The van der Waals surface area contributed by atoms with E-state index in [2.05, 4.69) is 34.6 Å². The SMILES string of the molecule is CC(C)CC[C@@H](C)NC(=O)Cn1nnc(-c2cccc(F)c2)n1. The third-order valence-electron chi connectivity index (χ3n) is 3.41. The van der Waals surface area contributed by atoms with Crippen molar-refractivity contribution in [3.63, 3.8) is 0 Å². The zero-order valence-corrected chi connectivity index (χ0v) is 13.7. The lowest BCUT2D eigenvalue weighted by atomic mass is 10.0. The molecule has 0 fully saturated rings. The number of benzene rings is 1. The number of rotatable bonds is 7. The fourth-order valence-corrected chi connectivity index (χ4v) is 2.16. The fraction of sp³-hybridized carbons (Fsp3) is 0.500.